The predicted molar refractivity (Wildman–Crippen MR) is 99.0 cm³/mol. The lowest BCUT2D eigenvalue weighted by atomic mass is 10.1. The van der Waals surface area contributed by atoms with Crippen LogP contribution in [0.5, 0.6) is 0 Å². The van der Waals surface area contributed by atoms with Crippen LogP contribution < -0.4 is 22.1 Å². The molecule has 22 heavy (non-hydrogen) atoms. The van der Waals surface area contributed by atoms with Crippen molar-refractivity contribution >= 4 is 0 Å². The molecule has 0 fully saturated rings. The summed E-state index contributed by atoms with van der Waals surface area (Å²) in [6.07, 6.45) is 15.7. The van der Waals surface area contributed by atoms with E-state index >= 15 is 0 Å². The monoisotopic (exact) mass is 314 g/mol. The van der Waals surface area contributed by atoms with E-state index in [0.717, 1.165) is 26.2 Å². The van der Waals surface area contributed by atoms with Crippen LogP contribution in [0.4, 0.5) is 0 Å². The van der Waals surface area contributed by atoms with Gasteiger partial charge in [-0.1, -0.05) is 51.9 Å². The Morgan fingerprint density at radius 3 is 1.59 bits per heavy atom. The fraction of sp³-hybridized carbons (Fsp3) is 1.00. The van der Waals surface area contributed by atoms with Gasteiger partial charge in [-0.15, -0.1) is 0 Å². The molecule has 0 aromatic rings. The van der Waals surface area contributed by atoms with E-state index in [-0.39, 0.29) is 0 Å². The quantitative estimate of drug-likeness (QED) is 0.232. The van der Waals surface area contributed by atoms with Gasteiger partial charge < -0.3 is 22.1 Å². The maximum atomic E-state index is 5.53. The SMILES string of the molecule is CCCCCC(NCCCCCCN)NCCCCCCN. The highest BCUT2D eigenvalue weighted by atomic mass is 15.1. The number of rotatable bonds is 18. The highest BCUT2D eigenvalue weighted by Crippen LogP contribution is 2.04. The number of nitrogens with one attached hydrogen (secondary N) is 2. The summed E-state index contributed by atoms with van der Waals surface area (Å²) < 4.78 is 0. The molecule has 4 nitrogen and oxygen atoms in total. The minimum absolute atomic E-state index is 0.496. The third-order valence-electron chi connectivity index (χ3n) is 4.14. The van der Waals surface area contributed by atoms with E-state index in [9.17, 15) is 0 Å². The van der Waals surface area contributed by atoms with Crippen LogP contribution in [0.3, 0.4) is 0 Å². The van der Waals surface area contributed by atoms with E-state index in [1.54, 1.807) is 0 Å². The number of hydrogen-bond acceptors (Lipinski definition) is 4. The van der Waals surface area contributed by atoms with Crippen molar-refractivity contribution in [1.82, 2.24) is 10.6 Å². The molecule has 0 bridgehead atoms. The Kier molecular flexibility index (Phi) is 18.8. The highest BCUT2D eigenvalue weighted by molar-refractivity contribution is 4.65. The lowest BCUT2D eigenvalue weighted by Gasteiger charge is -2.20. The van der Waals surface area contributed by atoms with Crippen LogP contribution in [-0.4, -0.2) is 32.3 Å². The fourth-order valence-corrected chi connectivity index (χ4v) is 2.67. The average Bonchev–Trinajstić information content (AvgIpc) is 2.53. The van der Waals surface area contributed by atoms with E-state index in [4.69, 9.17) is 11.5 Å². The largest absolute Gasteiger partial charge is 0.330 e. The minimum Gasteiger partial charge on any atom is -0.330 e. The summed E-state index contributed by atoms with van der Waals surface area (Å²) in [5.41, 5.74) is 11.1. The Bertz CT molecular complexity index is 184. The third kappa shape index (κ3) is 16.2. The van der Waals surface area contributed by atoms with Crippen LogP contribution in [0.2, 0.25) is 0 Å². The molecule has 4 heteroatoms. The zero-order valence-electron chi connectivity index (χ0n) is 15.0. The van der Waals surface area contributed by atoms with Gasteiger partial charge in [0.15, 0.2) is 0 Å². The lowest BCUT2D eigenvalue weighted by Crippen LogP contribution is -2.43. The Hall–Kier alpha value is -0.160. The molecule has 0 amide bonds. The summed E-state index contributed by atoms with van der Waals surface area (Å²) in [4.78, 5) is 0. The molecule has 0 aliphatic heterocycles. The summed E-state index contributed by atoms with van der Waals surface area (Å²) >= 11 is 0. The standard InChI is InChI=1S/C18H42N4/c1-2-3-8-13-18(21-16-11-6-4-9-14-19)22-17-12-7-5-10-15-20/h18,21-22H,2-17,19-20H2,1H3. The van der Waals surface area contributed by atoms with Crippen molar-refractivity contribution in [3.05, 3.63) is 0 Å². The molecule has 0 saturated heterocycles. The normalized spacial score (nSPS) is 11.5. The highest BCUT2D eigenvalue weighted by Gasteiger charge is 2.06. The van der Waals surface area contributed by atoms with Crippen LogP contribution in [0.1, 0.15) is 84.0 Å². The van der Waals surface area contributed by atoms with Gasteiger partial charge in [0.2, 0.25) is 0 Å². The number of unbranched alkanes of at least 4 members (excludes halogenated alkanes) is 8. The zero-order valence-corrected chi connectivity index (χ0v) is 15.0. The van der Waals surface area contributed by atoms with E-state index < -0.39 is 0 Å². The molecular formula is C18H42N4. The lowest BCUT2D eigenvalue weighted by molar-refractivity contribution is 0.377. The van der Waals surface area contributed by atoms with E-state index in [1.165, 1.54) is 77.0 Å². The van der Waals surface area contributed by atoms with Crippen molar-refractivity contribution in [3.8, 4) is 0 Å². The molecule has 0 radical (unpaired) electrons. The van der Waals surface area contributed by atoms with Crippen molar-refractivity contribution in [3.63, 3.8) is 0 Å². The molecule has 0 unspecified atom stereocenters. The smallest absolute Gasteiger partial charge is 0.0571 e. The van der Waals surface area contributed by atoms with Crippen molar-refractivity contribution < 1.29 is 0 Å². The molecule has 0 spiro atoms. The van der Waals surface area contributed by atoms with Crippen LogP contribution in [0.25, 0.3) is 0 Å². The van der Waals surface area contributed by atoms with Gasteiger partial charge in [-0.25, -0.2) is 0 Å². The minimum atomic E-state index is 0.496. The molecule has 0 heterocycles. The van der Waals surface area contributed by atoms with Gasteiger partial charge in [-0.05, 0) is 58.3 Å². The second-order valence-electron chi connectivity index (χ2n) is 6.36. The summed E-state index contributed by atoms with van der Waals surface area (Å²) in [5.74, 6) is 0. The Balaban J connectivity index is 3.65. The molecule has 0 aromatic carbocycles. The summed E-state index contributed by atoms with van der Waals surface area (Å²) in [6, 6.07) is 0. The second-order valence-corrected chi connectivity index (χ2v) is 6.36. The first-order valence-corrected chi connectivity index (χ1v) is 9.72. The first kappa shape index (κ1) is 21.8. The van der Waals surface area contributed by atoms with Gasteiger partial charge in [0.05, 0.1) is 6.17 Å². The predicted octanol–water partition coefficient (Wildman–Crippen LogP) is 3.11. The van der Waals surface area contributed by atoms with Crippen LogP contribution in [0, 0.1) is 0 Å². The average molecular weight is 315 g/mol. The number of nitrogens with two attached hydrogens (primary N) is 2. The van der Waals surface area contributed by atoms with Gasteiger partial charge in [0.25, 0.3) is 0 Å². The fourth-order valence-electron chi connectivity index (χ4n) is 2.67. The van der Waals surface area contributed by atoms with Crippen LogP contribution >= 0.6 is 0 Å². The zero-order chi connectivity index (χ0) is 16.3. The maximum absolute atomic E-state index is 5.53. The van der Waals surface area contributed by atoms with Gasteiger partial charge in [0.1, 0.15) is 0 Å². The van der Waals surface area contributed by atoms with Gasteiger partial charge in [-0.2, -0.15) is 0 Å². The third-order valence-corrected chi connectivity index (χ3v) is 4.14. The van der Waals surface area contributed by atoms with Gasteiger partial charge in [-0.3, -0.25) is 0 Å². The Morgan fingerprint density at radius 1 is 0.636 bits per heavy atom. The van der Waals surface area contributed by atoms with Crippen molar-refractivity contribution in [2.75, 3.05) is 26.2 Å². The van der Waals surface area contributed by atoms with Crippen LogP contribution in [0.15, 0.2) is 0 Å². The number of hydrogen-bond donors (Lipinski definition) is 4. The van der Waals surface area contributed by atoms with Crippen molar-refractivity contribution in [2.24, 2.45) is 11.5 Å². The molecule has 0 aromatic heterocycles. The Morgan fingerprint density at radius 2 is 1.14 bits per heavy atom. The molecule has 0 atom stereocenters. The summed E-state index contributed by atoms with van der Waals surface area (Å²) in [5, 5.41) is 7.39. The molecule has 0 aliphatic carbocycles. The summed E-state index contributed by atoms with van der Waals surface area (Å²) in [6.45, 7) is 6.19. The molecule has 0 saturated carbocycles. The first-order valence-electron chi connectivity index (χ1n) is 9.72. The second kappa shape index (κ2) is 18.9. The van der Waals surface area contributed by atoms with E-state index in [2.05, 4.69) is 17.6 Å². The van der Waals surface area contributed by atoms with Gasteiger partial charge >= 0.3 is 0 Å². The first-order chi connectivity index (χ1) is 10.8. The molecule has 0 aliphatic rings. The van der Waals surface area contributed by atoms with E-state index in [1.807, 2.05) is 0 Å². The summed E-state index contributed by atoms with van der Waals surface area (Å²) in [7, 11) is 0. The Labute approximate surface area is 139 Å². The van der Waals surface area contributed by atoms with Crippen molar-refractivity contribution in [2.45, 2.75) is 90.1 Å². The van der Waals surface area contributed by atoms with E-state index in [0.29, 0.717) is 6.17 Å². The maximum Gasteiger partial charge on any atom is 0.0571 e. The molecule has 0 rings (SSSR count). The van der Waals surface area contributed by atoms with Crippen molar-refractivity contribution in [1.29, 1.82) is 0 Å². The molecular weight excluding hydrogens is 272 g/mol. The van der Waals surface area contributed by atoms with Gasteiger partial charge in [0, 0.05) is 0 Å². The molecule has 134 valence electrons. The van der Waals surface area contributed by atoms with Crippen LogP contribution in [-0.2, 0) is 0 Å². The molecule has 6 N–H and O–H groups in total. The topological polar surface area (TPSA) is 76.1 Å².